The van der Waals surface area contributed by atoms with Crippen molar-refractivity contribution in [3.8, 4) is 0 Å². The van der Waals surface area contributed by atoms with Gasteiger partial charge in [0.2, 0.25) is 0 Å². The van der Waals surface area contributed by atoms with Gasteiger partial charge >= 0.3 is 5.97 Å². The first kappa shape index (κ1) is 17.3. The van der Waals surface area contributed by atoms with Gasteiger partial charge in [-0.1, -0.05) is 56.4 Å². The molecule has 0 aromatic heterocycles. The monoisotopic (exact) mass is 305 g/mol. The van der Waals surface area contributed by atoms with E-state index in [1.165, 1.54) is 31.3 Å². The summed E-state index contributed by atoms with van der Waals surface area (Å²) in [5.41, 5.74) is 6.99. The van der Waals surface area contributed by atoms with E-state index in [1.54, 1.807) is 6.92 Å². The fourth-order valence-corrected chi connectivity index (χ4v) is 4.22. The molecule has 0 bridgehead atoms. The highest BCUT2D eigenvalue weighted by Crippen LogP contribution is 2.42. The molecule has 2 N–H and O–H groups in total. The Morgan fingerprint density at radius 3 is 2.50 bits per heavy atom. The normalized spacial score (nSPS) is 29.8. The van der Waals surface area contributed by atoms with E-state index >= 15 is 0 Å². The van der Waals surface area contributed by atoms with Crippen molar-refractivity contribution in [2.45, 2.75) is 65.5 Å². The summed E-state index contributed by atoms with van der Waals surface area (Å²) < 4.78 is 5.70. The number of ether oxygens (including phenoxy) is 1. The fraction of sp³-hybridized carbons (Fsp3) is 0.737. The van der Waals surface area contributed by atoms with Crippen LogP contribution in [0.1, 0.15) is 53.4 Å². The second-order valence-electron chi connectivity index (χ2n) is 7.26. The van der Waals surface area contributed by atoms with Gasteiger partial charge in [0.1, 0.15) is 12.1 Å². The number of allylic oxidation sites excluding steroid dienone is 4. The quantitative estimate of drug-likeness (QED) is 0.785. The molecule has 1 saturated carbocycles. The maximum Gasteiger partial charge on any atom is 0.322 e. The standard InChI is InChI=1S/C19H31NO2/c1-12-9-10-17(13(2)11-12)18(16-7-5-6-8-16)15(4)22-19(21)14(3)20/h9-11,13-18H,5-8,20H2,1-4H3/t13?,14-,15-,17?,18+/m0/s1. The van der Waals surface area contributed by atoms with E-state index in [0.717, 1.165) is 0 Å². The van der Waals surface area contributed by atoms with E-state index < -0.39 is 6.04 Å². The maximum atomic E-state index is 11.9. The number of carbonyl (C=O) groups excluding carboxylic acids is 1. The predicted molar refractivity (Wildman–Crippen MR) is 90.2 cm³/mol. The van der Waals surface area contributed by atoms with E-state index in [2.05, 4.69) is 39.0 Å². The summed E-state index contributed by atoms with van der Waals surface area (Å²) in [5, 5.41) is 0. The lowest BCUT2D eigenvalue weighted by molar-refractivity contribution is -0.154. The molecule has 0 spiro atoms. The van der Waals surface area contributed by atoms with Crippen molar-refractivity contribution in [3.05, 3.63) is 23.8 Å². The van der Waals surface area contributed by atoms with E-state index in [4.69, 9.17) is 10.5 Å². The average molecular weight is 305 g/mol. The SMILES string of the molecule is CC1=CC(C)C([C@@H](C2CCCC2)[C@H](C)OC(=O)[C@H](C)N)C=C1. The van der Waals surface area contributed by atoms with Crippen molar-refractivity contribution in [2.75, 3.05) is 0 Å². The third kappa shape index (κ3) is 4.01. The van der Waals surface area contributed by atoms with Gasteiger partial charge in [0.05, 0.1) is 0 Å². The molecule has 2 aliphatic rings. The lowest BCUT2D eigenvalue weighted by Gasteiger charge is -2.38. The summed E-state index contributed by atoms with van der Waals surface area (Å²) in [6.07, 6.45) is 11.9. The lowest BCUT2D eigenvalue weighted by atomic mass is 9.70. The van der Waals surface area contributed by atoms with Crippen LogP contribution in [-0.2, 0) is 9.53 Å². The van der Waals surface area contributed by atoms with Crippen LogP contribution in [0.2, 0.25) is 0 Å². The second-order valence-corrected chi connectivity index (χ2v) is 7.26. The molecule has 0 aromatic rings. The molecule has 0 aliphatic heterocycles. The summed E-state index contributed by atoms with van der Waals surface area (Å²) >= 11 is 0. The van der Waals surface area contributed by atoms with Gasteiger partial charge in [-0.2, -0.15) is 0 Å². The molecule has 0 aromatic carbocycles. The van der Waals surface area contributed by atoms with Crippen LogP contribution in [0.4, 0.5) is 0 Å². The Hall–Kier alpha value is -1.09. The van der Waals surface area contributed by atoms with Gasteiger partial charge in [-0.05, 0) is 38.5 Å². The number of nitrogens with two attached hydrogens (primary N) is 1. The van der Waals surface area contributed by atoms with Crippen LogP contribution >= 0.6 is 0 Å². The molecule has 124 valence electrons. The van der Waals surface area contributed by atoms with Gasteiger partial charge in [-0.25, -0.2) is 0 Å². The molecule has 0 amide bonds. The predicted octanol–water partition coefficient (Wildman–Crippen LogP) is 3.84. The number of hydrogen-bond acceptors (Lipinski definition) is 3. The Morgan fingerprint density at radius 2 is 1.95 bits per heavy atom. The van der Waals surface area contributed by atoms with Crippen molar-refractivity contribution >= 4 is 5.97 Å². The molecule has 0 radical (unpaired) electrons. The summed E-state index contributed by atoms with van der Waals surface area (Å²) in [6, 6.07) is -0.548. The van der Waals surface area contributed by atoms with Gasteiger partial charge < -0.3 is 10.5 Å². The largest absolute Gasteiger partial charge is 0.461 e. The van der Waals surface area contributed by atoms with Crippen molar-refractivity contribution < 1.29 is 9.53 Å². The van der Waals surface area contributed by atoms with Crippen LogP contribution in [0.5, 0.6) is 0 Å². The molecule has 1 fully saturated rings. The summed E-state index contributed by atoms with van der Waals surface area (Å²) in [5.74, 6) is 1.70. The summed E-state index contributed by atoms with van der Waals surface area (Å²) in [6.45, 7) is 8.16. The Kier molecular flexibility index (Phi) is 5.85. The molecule has 3 nitrogen and oxygen atoms in total. The summed E-state index contributed by atoms with van der Waals surface area (Å²) in [7, 11) is 0. The first-order valence-corrected chi connectivity index (χ1v) is 8.73. The van der Waals surface area contributed by atoms with Gasteiger partial charge in [-0.15, -0.1) is 0 Å². The third-order valence-electron chi connectivity index (χ3n) is 5.32. The molecule has 2 aliphatic carbocycles. The number of esters is 1. The lowest BCUT2D eigenvalue weighted by Crippen LogP contribution is -2.40. The third-order valence-corrected chi connectivity index (χ3v) is 5.32. The van der Waals surface area contributed by atoms with E-state index in [0.29, 0.717) is 23.7 Å². The Balaban J connectivity index is 2.16. The van der Waals surface area contributed by atoms with Crippen molar-refractivity contribution in [1.82, 2.24) is 0 Å². The number of carbonyl (C=O) groups is 1. The Labute approximate surface area is 135 Å². The van der Waals surface area contributed by atoms with Crippen LogP contribution in [0.25, 0.3) is 0 Å². The number of rotatable bonds is 5. The van der Waals surface area contributed by atoms with Crippen molar-refractivity contribution in [1.29, 1.82) is 0 Å². The molecule has 2 rings (SSSR count). The molecule has 5 atom stereocenters. The van der Waals surface area contributed by atoms with Crippen LogP contribution in [0.3, 0.4) is 0 Å². The fourth-order valence-electron chi connectivity index (χ4n) is 4.22. The van der Waals surface area contributed by atoms with Crippen LogP contribution in [0, 0.1) is 23.7 Å². The number of hydrogen-bond donors (Lipinski definition) is 1. The minimum atomic E-state index is -0.548. The molecule has 0 heterocycles. The molecule has 0 saturated heterocycles. The topological polar surface area (TPSA) is 52.3 Å². The summed E-state index contributed by atoms with van der Waals surface area (Å²) in [4.78, 5) is 11.9. The molecular formula is C19H31NO2. The highest BCUT2D eigenvalue weighted by Gasteiger charge is 2.38. The van der Waals surface area contributed by atoms with E-state index in [-0.39, 0.29) is 12.1 Å². The Bertz CT molecular complexity index is 446. The zero-order chi connectivity index (χ0) is 16.3. The van der Waals surface area contributed by atoms with Crippen molar-refractivity contribution in [3.63, 3.8) is 0 Å². The van der Waals surface area contributed by atoms with Crippen LogP contribution in [-0.4, -0.2) is 18.1 Å². The van der Waals surface area contributed by atoms with Gasteiger partial charge in [0.25, 0.3) is 0 Å². The molecule has 22 heavy (non-hydrogen) atoms. The minimum absolute atomic E-state index is 0.0782. The zero-order valence-electron chi connectivity index (χ0n) is 14.4. The van der Waals surface area contributed by atoms with Crippen LogP contribution in [0.15, 0.2) is 23.8 Å². The zero-order valence-corrected chi connectivity index (χ0v) is 14.4. The molecule has 3 heteroatoms. The van der Waals surface area contributed by atoms with E-state index in [9.17, 15) is 4.79 Å². The van der Waals surface area contributed by atoms with Gasteiger partial charge in [0.15, 0.2) is 0 Å². The smallest absolute Gasteiger partial charge is 0.322 e. The highest BCUT2D eigenvalue weighted by molar-refractivity contribution is 5.75. The van der Waals surface area contributed by atoms with Crippen molar-refractivity contribution in [2.24, 2.45) is 29.4 Å². The average Bonchev–Trinajstić information content (AvgIpc) is 2.95. The van der Waals surface area contributed by atoms with E-state index in [1.807, 2.05) is 0 Å². The van der Waals surface area contributed by atoms with Gasteiger partial charge in [0, 0.05) is 5.92 Å². The first-order valence-electron chi connectivity index (χ1n) is 8.73. The maximum absolute atomic E-state index is 11.9. The highest BCUT2D eigenvalue weighted by atomic mass is 16.5. The second kappa shape index (κ2) is 7.45. The molecule has 2 unspecified atom stereocenters. The van der Waals surface area contributed by atoms with Gasteiger partial charge in [-0.3, -0.25) is 4.79 Å². The molecular weight excluding hydrogens is 274 g/mol. The first-order chi connectivity index (χ1) is 10.4. The van der Waals surface area contributed by atoms with Crippen LogP contribution < -0.4 is 5.73 Å². The Morgan fingerprint density at radius 1 is 1.32 bits per heavy atom. The minimum Gasteiger partial charge on any atom is -0.461 e.